The van der Waals surface area contributed by atoms with Crippen molar-refractivity contribution in [1.82, 2.24) is 19.7 Å². The van der Waals surface area contributed by atoms with E-state index in [2.05, 4.69) is 15.1 Å². The first-order chi connectivity index (χ1) is 9.15. The van der Waals surface area contributed by atoms with Gasteiger partial charge in [-0.3, -0.25) is 0 Å². The Hall–Kier alpha value is -2.44. The summed E-state index contributed by atoms with van der Waals surface area (Å²) in [5.74, 6) is 1.01. The van der Waals surface area contributed by atoms with Gasteiger partial charge < -0.3 is 14.8 Å². The minimum Gasteiger partial charge on any atom is -0.369 e. The number of hydrogen-bond acceptors (Lipinski definition) is 5. The molecule has 0 aliphatic carbocycles. The van der Waals surface area contributed by atoms with Crippen molar-refractivity contribution in [2.24, 2.45) is 0 Å². The second kappa shape index (κ2) is 4.34. The molecule has 2 N–H and O–H groups in total. The van der Waals surface area contributed by atoms with E-state index >= 15 is 0 Å². The molecule has 0 bridgehead atoms. The maximum absolute atomic E-state index is 13.6. The lowest BCUT2D eigenvalue weighted by atomic mass is 10.3. The van der Waals surface area contributed by atoms with Crippen LogP contribution >= 0.6 is 0 Å². The van der Waals surface area contributed by atoms with E-state index in [1.54, 1.807) is 23.6 Å². The number of benzene rings is 1. The van der Waals surface area contributed by atoms with Gasteiger partial charge in [-0.1, -0.05) is 11.2 Å². The molecule has 3 rings (SSSR count). The summed E-state index contributed by atoms with van der Waals surface area (Å²) in [6, 6.07) is 4.77. The van der Waals surface area contributed by atoms with Gasteiger partial charge in [0.1, 0.15) is 5.52 Å². The molecule has 0 saturated carbocycles. The number of anilines is 1. The zero-order valence-electron chi connectivity index (χ0n) is 10.3. The molecule has 0 fully saturated rings. The lowest BCUT2D eigenvalue weighted by Gasteiger charge is -2.03. The molecule has 19 heavy (non-hydrogen) atoms. The van der Waals surface area contributed by atoms with Crippen LogP contribution in [0.15, 0.2) is 22.7 Å². The number of para-hydroxylation sites is 1. The Labute approximate surface area is 108 Å². The smallest absolute Gasteiger partial charge is 0.228 e. The number of fused-ring (bicyclic) bond motifs is 1. The molecule has 1 aromatic carbocycles. The van der Waals surface area contributed by atoms with Crippen LogP contribution in [0.4, 0.5) is 10.3 Å². The molecular formula is C12H12FN5O. The number of imidazole rings is 1. The van der Waals surface area contributed by atoms with Crippen LogP contribution < -0.4 is 5.73 Å². The van der Waals surface area contributed by atoms with E-state index in [-0.39, 0.29) is 17.3 Å². The highest BCUT2D eigenvalue weighted by molar-refractivity contribution is 5.78. The Bertz CT molecular complexity index is 733. The number of nitrogens with zero attached hydrogens (tertiary/aromatic N) is 4. The lowest BCUT2D eigenvalue weighted by molar-refractivity contribution is 0.369. The van der Waals surface area contributed by atoms with Gasteiger partial charge in [-0.2, -0.15) is 4.98 Å². The molecule has 3 aromatic rings. The van der Waals surface area contributed by atoms with Crippen LogP contribution in [0.2, 0.25) is 0 Å². The third kappa shape index (κ3) is 2.03. The first-order valence-electron chi connectivity index (χ1n) is 5.84. The van der Waals surface area contributed by atoms with E-state index in [1.807, 2.05) is 0 Å². The lowest BCUT2D eigenvalue weighted by Crippen LogP contribution is -2.05. The van der Waals surface area contributed by atoms with Crippen molar-refractivity contribution in [3.63, 3.8) is 0 Å². The van der Waals surface area contributed by atoms with Crippen molar-refractivity contribution >= 4 is 17.0 Å². The van der Waals surface area contributed by atoms with Gasteiger partial charge in [-0.05, 0) is 19.1 Å². The first-order valence-corrected chi connectivity index (χ1v) is 5.84. The van der Waals surface area contributed by atoms with Gasteiger partial charge in [0.2, 0.25) is 11.8 Å². The van der Waals surface area contributed by atoms with Crippen molar-refractivity contribution in [1.29, 1.82) is 0 Å². The van der Waals surface area contributed by atoms with E-state index in [0.717, 1.165) is 0 Å². The van der Waals surface area contributed by atoms with Crippen LogP contribution in [-0.4, -0.2) is 19.7 Å². The van der Waals surface area contributed by atoms with Crippen LogP contribution in [0.1, 0.15) is 11.7 Å². The molecule has 98 valence electrons. The highest BCUT2D eigenvalue weighted by atomic mass is 19.1. The quantitative estimate of drug-likeness (QED) is 0.775. The number of hydrogen-bond donors (Lipinski definition) is 1. The Morgan fingerprint density at radius 1 is 1.37 bits per heavy atom. The highest BCUT2D eigenvalue weighted by Gasteiger charge is 2.12. The summed E-state index contributed by atoms with van der Waals surface area (Å²) in [6.07, 6.45) is 0.521. The fourth-order valence-electron chi connectivity index (χ4n) is 2.01. The van der Waals surface area contributed by atoms with Gasteiger partial charge >= 0.3 is 0 Å². The molecular weight excluding hydrogens is 249 g/mol. The molecule has 0 saturated heterocycles. The molecule has 0 aliphatic heterocycles. The SMILES string of the molecule is Cc1noc(CCn2c(N)nc3c(F)cccc32)n1. The van der Waals surface area contributed by atoms with Gasteiger partial charge in [0.25, 0.3) is 0 Å². The first kappa shape index (κ1) is 11.6. The number of nitrogens with two attached hydrogens (primary N) is 1. The monoisotopic (exact) mass is 261 g/mol. The van der Waals surface area contributed by atoms with Crippen molar-refractivity contribution in [2.75, 3.05) is 5.73 Å². The summed E-state index contributed by atoms with van der Waals surface area (Å²) in [6.45, 7) is 2.26. The van der Waals surface area contributed by atoms with E-state index in [0.29, 0.717) is 30.2 Å². The number of nitrogen functional groups attached to an aromatic ring is 1. The second-order valence-electron chi connectivity index (χ2n) is 4.21. The Kier molecular flexibility index (Phi) is 2.66. The van der Waals surface area contributed by atoms with Crippen LogP contribution in [-0.2, 0) is 13.0 Å². The van der Waals surface area contributed by atoms with E-state index < -0.39 is 0 Å². The predicted molar refractivity (Wildman–Crippen MR) is 66.8 cm³/mol. The minimum atomic E-state index is -0.378. The second-order valence-corrected chi connectivity index (χ2v) is 4.21. The van der Waals surface area contributed by atoms with Crippen LogP contribution in [0.25, 0.3) is 11.0 Å². The molecule has 0 radical (unpaired) electrons. The number of rotatable bonds is 3. The third-order valence-electron chi connectivity index (χ3n) is 2.88. The molecule has 2 heterocycles. The van der Waals surface area contributed by atoms with Crippen LogP contribution in [0.5, 0.6) is 0 Å². The summed E-state index contributed by atoms with van der Waals surface area (Å²) in [5.41, 5.74) is 6.75. The summed E-state index contributed by atoms with van der Waals surface area (Å²) in [7, 11) is 0. The van der Waals surface area contributed by atoms with Crippen molar-refractivity contribution in [2.45, 2.75) is 19.9 Å². The van der Waals surface area contributed by atoms with Gasteiger partial charge in [0.05, 0.1) is 5.52 Å². The fourth-order valence-corrected chi connectivity index (χ4v) is 2.01. The van der Waals surface area contributed by atoms with Gasteiger partial charge in [0, 0.05) is 13.0 Å². The van der Waals surface area contributed by atoms with Crippen molar-refractivity contribution in [3.8, 4) is 0 Å². The largest absolute Gasteiger partial charge is 0.369 e. The van der Waals surface area contributed by atoms with Crippen LogP contribution in [0, 0.1) is 12.7 Å². The van der Waals surface area contributed by atoms with Crippen LogP contribution in [0.3, 0.4) is 0 Å². The third-order valence-corrected chi connectivity index (χ3v) is 2.88. The standard InChI is InChI=1S/C12H12FN5O/c1-7-15-10(19-17-7)5-6-18-9-4-2-3-8(13)11(9)16-12(18)14/h2-4H,5-6H2,1H3,(H2,14,16). The molecule has 0 spiro atoms. The highest BCUT2D eigenvalue weighted by Crippen LogP contribution is 2.20. The minimum absolute atomic E-state index is 0.274. The molecule has 0 aliphatic rings. The molecule has 7 heteroatoms. The fraction of sp³-hybridized carbons (Fsp3) is 0.250. The van der Waals surface area contributed by atoms with E-state index in [4.69, 9.17) is 10.3 Å². The zero-order chi connectivity index (χ0) is 13.4. The summed E-state index contributed by atoms with van der Waals surface area (Å²) < 4.78 is 20.3. The normalized spacial score (nSPS) is 11.3. The number of aryl methyl sites for hydroxylation is 3. The van der Waals surface area contributed by atoms with E-state index in [9.17, 15) is 4.39 Å². The molecule has 6 nitrogen and oxygen atoms in total. The zero-order valence-corrected chi connectivity index (χ0v) is 10.3. The molecule has 0 atom stereocenters. The van der Waals surface area contributed by atoms with Gasteiger partial charge in [-0.15, -0.1) is 0 Å². The topological polar surface area (TPSA) is 82.8 Å². The number of aromatic nitrogens is 4. The summed E-state index contributed by atoms with van der Waals surface area (Å²) >= 11 is 0. The predicted octanol–water partition coefficient (Wildman–Crippen LogP) is 1.69. The summed E-state index contributed by atoms with van der Waals surface area (Å²) in [5, 5.41) is 3.71. The maximum atomic E-state index is 13.6. The number of halogens is 1. The van der Waals surface area contributed by atoms with Crippen molar-refractivity contribution < 1.29 is 8.91 Å². The van der Waals surface area contributed by atoms with Gasteiger partial charge in [-0.25, -0.2) is 9.37 Å². The van der Waals surface area contributed by atoms with Crippen molar-refractivity contribution in [3.05, 3.63) is 35.7 Å². The summed E-state index contributed by atoms with van der Waals surface area (Å²) in [4.78, 5) is 8.14. The Balaban J connectivity index is 1.92. The average molecular weight is 261 g/mol. The van der Waals surface area contributed by atoms with Gasteiger partial charge in [0.15, 0.2) is 11.6 Å². The Morgan fingerprint density at radius 2 is 2.21 bits per heavy atom. The molecule has 0 amide bonds. The van der Waals surface area contributed by atoms with E-state index in [1.165, 1.54) is 6.07 Å². The molecule has 2 aromatic heterocycles. The Morgan fingerprint density at radius 3 is 2.95 bits per heavy atom. The maximum Gasteiger partial charge on any atom is 0.228 e. The average Bonchev–Trinajstić information content (AvgIpc) is 2.92. The molecule has 0 unspecified atom stereocenters.